The molecule has 0 saturated heterocycles. The van der Waals surface area contributed by atoms with Gasteiger partial charge in [0.2, 0.25) is 0 Å². The highest BCUT2D eigenvalue weighted by Crippen LogP contribution is 1.73. The van der Waals surface area contributed by atoms with Gasteiger partial charge in [-0.1, -0.05) is 0 Å². The zero-order chi connectivity index (χ0) is 9.28. The first-order valence-corrected chi connectivity index (χ1v) is 3.26. The van der Waals surface area contributed by atoms with Gasteiger partial charge in [-0.2, -0.15) is 5.26 Å². The molecule has 0 unspecified atom stereocenters. The Hall–Kier alpha value is -1.24. The van der Waals surface area contributed by atoms with E-state index in [1.807, 2.05) is 26.0 Å². The van der Waals surface area contributed by atoms with E-state index in [2.05, 4.69) is 10.3 Å². The zero-order valence-corrected chi connectivity index (χ0v) is 7.84. The summed E-state index contributed by atoms with van der Waals surface area (Å²) in [4.78, 5) is 5.85. The van der Waals surface area contributed by atoms with E-state index >= 15 is 0 Å². The summed E-state index contributed by atoms with van der Waals surface area (Å²) in [6.07, 6.45) is 0. The van der Waals surface area contributed by atoms with E-state index in [9.17, 15) is 0 Å². The molecule has 0 spiro atoms. The van der Waals surface area contributed by atoms with Crippen molar-refractivity contribution < 1.29 is 0 Å². The summed E-state index contributed by atoms with van der Waals surface area (Å²) in [7, 11) is 7.49. The van der Waals surface area contributed by atoms with Crippen molar-refractivity contribution in [3.8, 4) is 6.07 Å². The Morgan fingerprint density at radius 3 is 1.91 bits per heavy atom. The standard InChI is InChI=1S/C5H13N3.C2H3N/c1-6-5(7-2)8(3)4;1-2-3/h1-4H3,(H,6,7);1H3. The SMILES string of the molecule is C/N=C(\NC)N(C)C.CC#N. The molecule has 0 radical (unpaired) electrons. The molecule has 0 rings (SSSR count). The monoisotopic (exact) mass is 156 g/mol. The summed E-state index contributed by atoms with van der Waals surface area (Å²) in [6, 6.07) is 1.75. The number of nitrogens with one attached hydrogen (secondary N) is 1. The molecule has 0 aliphatic carbocycles. The van der Waals surface area contributed by atoms with Crippen molar-refractivity contribution in [2.45, 2.75) is 6.92 Å². The molecule has 0 saturated carbocycles. The Labute approximate surface area is 68.5 Å². The lowest BCUT2D eigenvalue weighted by Crippen LogP contribution is -2.33. The molecule has 64 valence electrons. The van der Waals surface area contributed by atoms with Crippen LogP contribution in [0, 0.1) is 11.3 Å². The lowest BCUT2D eigenvalue weighted by atomic mass is 10.8. The number of hydrogen-bond acceptors (Lipinski definition) is 2. The molecule has 11 heavy (non-hydrogen) atoms. The normalized spacial score (nSPS) is 8.91. The van der Waals surface area contributed by atoms with E-state index in [1.54, 1.807) is 13.1 Å². The molecule has 1 N–H and O–H groups in total. The topological polar surface area (TPSA) is 51.4 Å². The second-order valence-electron chi connectivity index (χ2n) is 1.92. The summed E-state index contributed by atoms with van der Waals surface area (Å²) in [6.45, 7) is 1.43. The number of guanidine groups is 1. The van der Waals surface area contributed by atoms with Gasteiger partial charge in [0, 0.05) is 35.1 Å². The van der Waals surface area contributed by atoms with Gasteiger partial charge in [-0.3, -0.25) is 4.99 Å². The van der Waals surface area contributed by atoms with Crippen LogP contribution >= 0.6 is 0 Å². The van der Waals surface area contributed by atoms with Gasteiger partial charge in [0.1, 0.15) is 0 Å². The number of rotatable bonds is 0. The van der Waals surface area contributed by atoms with Crippen LogP contribution < -0.4 is 5.32 Å². The Bertz CT molecular complexity index is 143. The van der Waals surface area contributed by atoms with E-state index in [0.29, 0.717) is 0 Å². The fourth-order valence-corrected chi connectivity index (χ4v) is 0.535. The highest BCUT2D eigenvalue weighted by molar-refractivity contribution is 5.78. The molecule has 0 aromatic carbocycles. The van der Waals surface area contributed by atoms with Crippen molar-refractivity contribution in [1.82, 2.24) is 10.2 Å². The van der Waals surface area contributed by atoms with Crippen LogP contribution in [-0.2, 0) is 0 Å². The summed E-state index contributed by atoms with van der Waals surface area (Å²) in [5, 5.41) is 10.2. The van der Waals surface area contributed by atoms with Crippen LogP contribution in [-0.4, -0.2) is 39.1 Å². The van der Waals surface area contributed by atoms with Crippen molar-refractivity contribution in [3.63, 3.8) is 0 Å². The average Bonchev–Trinajstić information content (AvgIpc) is 1.91. The second-order valence-corrected chi connectivity index (χ2v) is 1.92. The number of nitriles is 1. The summed E-state index contributed by atoms with van der Waals surface area (Å²) >= 11 is 0. The van der Waals surface area contributed by atoms with Gasteiger partial charge in [-0.05, 0) is 0 Å². The third kappa shape index (κ3) is 8.76. The maximum atomic E-state index is 7.32. The van der Waals surface area contributed by atoms with Crippen molar-refractivity contribution in [2.75, 3.05) is 28.2 Å². The van der Waals surface area contributed by atoms with Crippen molar-refractivity contribution in [2.24, 2.45) is 4.99 Å². The Balaban J connectivity index is 0. The molecule has 0 aliphatic rings. The summed E-state index contributed by atoms with van der Waals surface area (Å²) in [5.74, 6) is 0.894. The zero-order valence-electron chi connectivity index (χ0n) is 7.84. The third-order valence-corrected chi connectivity index (χ3v) is 0.859. The minimum atomic E-state index is 0.894. The molecule has 0 aliphatic heterocycles. The highest BCUT2D eigenvalue weighted by Gasteiger charge is 1.91. The first kappa shape index (κ1) is 12.4. The fourth-order valence-electron chi connectivity index (χ4n) is 0.535. The molecule has 0 aromatic rings. The molecule has 0 atom stereocenters. The number of hydrogen-bond donors (Lipinski definition) is 1. The van der Waals surface area contributed by atoms with Crippen LogP contribution in [0.25, 0.3) is 0 Å². The minimum Gasteiger partial charge on any atom is -0.359 e. The van der Waals surface area contributed by atoms with E-state index in [1.165, 1.54) is 6.92 Å². The molecule has 4 nitrogen and oxygen atoms in total. The number of aliphatic imine (C=N–C) groups is 1. The Morgan fingerprint density at radius 1 is 1.55 bits per heavy atom. The largest absolute Gasteiger partial charge is 0.359 e. The van der Waals surface area contributed by atoms with Crippen LogP contribution in [0.5, 0.6) is 0 Å². The van der Waals surface area contributed by atoms with Gasteiger partial charge in [0.05, 0.1) is 6.07 Å². The summed E-state index contributed by atoms with van der Waals surface area (Å²) in [5.41, 5.74) is 0. The van der Waals surface area contributed by atoms with E-state index in [0.717, 1.165) is 5.96 Å². The highest BCUT2D eigenvalue weighted by atomic mass is 15.2. The molecule has 0 heterocycles. The fraction of sp³-hybridized carbons (Fsp3) is 0.714. The number of nitrogens with zero attached hydrogens (tertiary/aromatic N) is 3. The van der Waals surface area contributed by atoms with Crippen LogP contribution in [0.2, 0.25) is 0 Å². The lowest BCUT2D eigenvalue weighted by molar-refractivity contribution is 0.596. The Kier molecular flexibility index (Phi) is 9.90. The maximum absolute atomic E-state index is 7.32. The smallest absolute Gasteiger partial charge is 0.192 e. The van der Waals surface area contributed by atoms with Crippen LogP contribution in [0.15, 0.2) is 4.99 Å². The van der Waals surface area contributed by atoms with Crippen LogP contribution in [0.1, 0.15) is 6.92 Å². The van der Waals surface area contributed by atoms with Gasteiger partial charge < -0.3 is 10.2 Å². The molecular weight excluding hydrogens is 140 g/mol. The minimum absolute atomic E-state index is 0.894. The predicted molar refractivity (Wildman–Crippen MR) is 47.4 cm³/mol. The second kappa shape index (κ2) is 8.76. The van der Waals surface area contributed by atoms with Gasteiger partial charge >= 0.3 is 0 Å². The first-order chi connectivity index (χ1) is 5.13. The van der Waals surface area contributed by atoms with Gasteiger partial charge in [0.15, 0.2) is 5.96 Å². The lowest BCUT2D eigenvalue weighted by Gasteiger charge is -2.12. The average molecular weight is 156 g/mol. The quantitative estimate of drug-likeness (QED) is 0.405. The molecule has 0 amide bonds. The molecule has 4 heteroatoms. The van der Waals surface area contributed by atoms with Crippen molar-refractivity contribution in [1.29, 1.82) is 5.26 Å². The predicted octanol–water partition coefficient (Wildman–Crippen LogP) is 0.283. The van der Waals surface area contributed by atoms with Crippen molar-refractivity contribution >= 4 is 5.96 Å². The molecule has 0 aromatic heterocycles. The van der Waals surface area contributed by atoms with Gasteiger partial charge in [-0.25, -0.2) is 0 Å². The first-order valence-electron chi connectivity index (χ1n) is 3.26. The Morgan fingerprint density at radius 2 is 1.91 bits per heavy atom. The van der Waals surface area contributed by atoms with Gasteiger partial charge in [-0.15, -0.1) is 0 Å². The van der Waals surface area contributed by atoms with Crippen molar-refractivity contribution in [3.05, 3.63) is 0 Å². The molecule has 0 fully saturated rings. The van der Waals surface area contributed by atoms with Crippen LogP contribution in [0.4, 0.5) is 0 Å². The third-order valence-electron chi connectivity index (χ3n) is 0.859. The molecule has 0 bridgehead atoms. The van der Waals surface area contributed by atoms with E-state index < -0.39 is 0 Å². The summed E-state index contributed by atoms with van der Waals surface area (Å²) < 4.78 is 0. The van der Waals surface area contributed by atoms with Gasteiger partial charge in [0.25, 0.3) is 0 Å². The molecular formula is C7H16N4. The maximum Gasteiger partial charge on any atom is 0.192 e. The van der Waals surface area contributed by atoms with Crippen LogP contribution in [0.3, 0.4) is 0 Å². The van der Waals surface area contributed by atoms with E-state index in [-0.39, 0.29) is 0 Å². The van der Waals surface area contributed by atoms with E-state index in [4.69, 9.17) is 5.26 Å².